The van der Waals surface area contributed by atoms with Gasteiger partial charge in [0.2, 0.25) is 0 Å². The van der Waals surface area contributed by atoms with Crippen LogP contribution in [0.2, 0.25) is 10.0 Å². The SMILES string of the molecule is Cc1cc2oc(=O)cc(COc3ccc(Cl)c(Cl)c3)c2cc1C(C)C. The fourth-order valence-electron chi connectivity index (χ4n) is 2.86. The second kappa shape index (κ2) is 7.11. The molecule has 25 heavy (non-hydrogen) atoms. The number of ether oxygens (including phenoxy) is 1. The van der Waals surface area contributed by atoms with Crippen LogP contribution >= 0.6 is 23.2 Å². The summed E-state index contributed by atoms with van der Waals surface area (Å²) in [7, 11) is 0. The zero-order valence-electron chi connectivity index (χ0n) is 14.2. The first kappa shape index (κ1) is 17.8. The molecule has 0 aliphatic carbocycles. The van der Waals surface area contributed by atoms with Gasteiger partial charge < -0.3 is 9.15 Å². The first-order valence-electron chi connectivity index (χ1n) is 8.00. The molecule has 1 aromatic heterocycles. The number of fused-ring (bicyclic) bond motifs is 1. The molecule has 0 saturated carbocycles. The van der Waals surface area contributed by atoms with E-state index in [9.17, 15) is 4.79 Å². The Bertz CT molecular complexity index is 990. The minimum absolute atomic E-state index is 0.237. The number of benzene rings is 2. The Kier molecular flexibility index (Phi) is 5.07. The topological polar surface area (TPSA) is 39.4 Å². The summed E-state index contributed by atoms with van der Waals surface area (Å²) in [5.41, 5.74) is 3.28. The van der Waals surface area contributed by atoms with Gasteiger partial charge in [0, 0.05) is 23.1 Å². The summed E-state index contributed by atoms with van der Waals surface area (Å²) in [5.74, 6) is 0.965. The van der Waals surface area contributed by atoms with Gasteiger partial charge in [0.05, 0.1) is 10.0 Å². The van der Waals surface area contributed by atoms with Crippen LogP contribution in [0.25, 0.3) is 11.0 Å². The Morgan fingerprint density at radius 2 is 1.84 bits per heavy atom. The molecule has 0 spiro atoms. The Labute approximate surface area is 156 Å². The highest BCUT2D eigenvalue weighted by Crippen LogP contribution is 2.29. The van der Waals surface area contributed by atoms with E-state index < -0.39 is 5.63 Å². The van der Waals surface area contributed by atoms with Crippen LogP contribution in [-0.2, 0) is 6.61 Å². The molecule has 2 aromatic carbocycles. The van der Waals surface area contributed by atoms with Crippen molar-refractivity contribution in [1.29, 1.82) is 0 Å². The summed E-state index contributed by atoms with van der Waals surface area (Å²) in [6, 6.07) is 10.5. The predicted molar refractivity (Wildman–Crippen MR) is 102 cm³/mol. The minimum atomic E-state index is -0.392. The predicted octanol–water partition coefficient (Wildman–Crippen LogP) is 6.11. The standard InChI is InChI=1S/C20H18Cl2O3/c1-11(2)15-9-16-13(7-20(23)25-19(16)6-12(15)3)10-24-14-4-5-17(21)18(22)8-14/h4-9,11H,10H2,1-3H3. The lowest BCUT2D eigenvalue weighted by Gasteiger charge is -2.13. The molecule has 0 aliphatic rings. The number of rotatable bonds is 4. The van der Waals surface area contributed by atoms with Gasteiger partial charge in [-0.2, -0.15) is 0 Å². The van der Waals surface area contributed by atoms with Gasteiger partial charge in [0.25, 0.3) is 0 Å². The van der Waals surface area contributed by atoms with Crippen LogP contribution in [0.1, 0.15) is 36.5 Å². The van der Waals surface area contributed by atoms with Gasteiger partial charge in [-0.15, -0.1) is 0 Å². The second-order valence-electron chi connectivity index (χ2n) is 6.31. The van der Waals surface area contributed by atoms with Crippen molar-refractivity contribution in [2.24, 2.45) is 0 Å². The molecule has 0 radical (unpaired) electrons. The van der Waals surface area contributed by atoms with Crippen LogP contribution in [-0.4, -0.2) is 0 Å². The first-order chi connectivity index (χ1) is 11.8. The molecule has 3 aromatic rings. The zero-order valence-corrected chi connectivity index (χ0v) is 15.7. The molecule has 0 N–H and O–H groups in total. The third-order valence-corrected chi connectivity index (χ3v) is 4.86. The summed E-state index contributed by atoms with van der Waals surface area (Å²) < 4.78 is 11.2. The van der Waals surface area contributed by atoms with Gasteiger partial charge >= 0.3 is 5.63 Å². The van der Waals surface area contributed by atoms with Crippen molar-refractivity contribution >= 4 is 34.2 Å². The molecule has 1 heterocycles. The maximum absolute atomic E-state index is 11.9. The van der Waals surface area contributed by atoms with Crippen molar-refractivity contribution in [3.8, 4) is 5.75 Å². The average molecular weight is 377 g/mol. The van der Waals surface area contributed by atoms with E-state index in [0.717, 1.165) is 16.5 Å². The quantitative estimate of drug-likeness (QED) is 0.515. The highest BCUT2D eigenvalue weighted by Gasteiger charge is 2.12. The molecule has 0 bridgehead atoms. The number of hydrogen-bond donors (Lipinski definition) is 0. The van der Waals surface area contributed by atoms with E-state index in [0.29, 0.717) is 27.3 Å². The van der Waals surface area contributed by atoms with Gasteiger partial charge in [0.15, 0.2) is 0 Å². The molecule has 0 saturated heterocycles. The van der Waals surface area contributed by atoms with E-state index in [4.69, 9.17) is 32.4 Å². The van der Waals surface area contributed by atoms with E-state index >= 15 is 0 Å². The Morgan fingerprint density at radius 1 is 1.08 bits per heavy atom. The molecule has 130 valence electrons. The van der Waals surface area contributed by atoms with Crippen molar-refractivity contribution in [1.82, 2.24) is 0 Å². The molecule has 0 amide bonds. The van der Waals surface area contributed by atoms with E-state index in [1.54, 1.807) is 18.2 Å². The van der Waals surface area contributed by atoms with Crippen LogP contribution < -0.4 is 10.4 Å². The van der Waals surface area contributed by atoms with E-state index in [-0.39, 0.29) is 6.61 Å². The lowest BCUT2D eigenvalue weighted by Crippen LogP contribution is -2.05. The molecule has 3 rings (SSSR count). The van der Waals surface area contributed by atoms with Crippen molar-refractivity contribution in [2.75, 3.05) is 0 Å². The lowest BCUT2D eigenvalue weighted by atomic mass is 9.95. The number of aryl methyl sites for hydroxylation is 1. The van der Waals surface area contributed by atoms with Gasteiger partial charge in [-0.1, -0.05) is 37.0 Å². The highest BCUT2D eigenvalue weighted by molar-refractivity contribution is 6.42. The lowest BCUT2D eigenvalue weighted by molar-refractivity contribution is 0.306. The smallest absolute Gasteiger partial charge is 0.336 e. The summed E-state index contributed by atoms with van der Waals surface area (Å²) >= 11 is 11.9. The molecular formula is C20H18Cl2O3. The number of halogens is 2. The van der Waals surface area contributed by atoms with Crippen LogP contribution in [0.15, 0.2) is 45.6 Å². The monoisotopic (exact) mass is 376 g/mol. The van der Waals surface area contributed by atoms with Gasteiger partial charge in [-0.05, 0) is 48.2 Å². The van der Waals surface area contributed by atoms with Gasteiger partial charge in [0.1, 0.15) is 17.9 Å². The first-order valence-corrected chi connectivity index (χ1v) is 8.76. The summed E-state index contributed by atoms with van der Waals surface area (Å²) in [4.78, 5) is 11.9. The molecule has 3 nitrogen and oxygen atoms in total. The Hall–Kier alpha value is -1.97. The van der Waals surface area contributed by atoms with Crippen molar-refractivity contribution in [3.05, 3.63) is 73.6 Å². The molecule has 0 fully saturated rings. The number of hydrogen-bond acceptors (Lipinski definition) is 3. The van der Waals surface area contributed by atoms with Crippen LogP contribution in [0.5, 0.6) is 5.75 Å². The maximum Gasteiger partial charge on any atom is 0.336 e. The Morgan fingerprint density at radius 3 is 2.52 bits per heavy atom. The molecule has 0 atom stereocenters. The van der Waals surface area contributed by atoms with Gasteiger partial charge in [-0.25, -0.2) is 4.79 Å². The fraction of sp³-hybridized carbons (Fsp3) is 0.250. The highest BCUT2D eigenvalue weighted by atomic mass is 35.5. The van der Waals surface area contributed by atoms with Crippen LogP contribution in [0.3, 0.4) is 0 Å². The van der Waals surface area contributed by atoms with Gasteiger partial charge in [-0.3, -0.25) is 0 Å². The normalized spacial score (nSPS) is 11.3. The van der Waals surface area contributed by atoms with E-state index in [2.05, 4.69) is 19.9 Å². The van der Waals surface area contributed by atoms with Crippen LogP contribution in [0.4, 0.5) is 0 Å². The van der Waals surface area contributed by atoms with Crippen molar-refractivity contribution in [3.63, 3.8) is 0 Å². The third kappa shape index (κ3) is 3.83. The van der Waals surface area contributed by atoms with Crippen molar-refractivity contribution in [2.45, 2.75) is 33.3 Å². The summed E-state index contributed by atoms with van der Waals surface area (Å²) in [6.45, 7) is 6.53. The minimum Gasteiger partial charge on any atom is -0.489 e. The maximum atomic E-state index is 11.9. The van der Waals surface area contributed by atoms with Crippen molar-refractivity contribution < 1.29 is 9.15 Å². The second-order valence-corrected chi connectivity index (χ2v) is 7.13. The van der Waals surface area contributed by atoms with Crippen LogP contribution in [0, 0.1) is 6.92 Å². The fourth-order valence-corrected chi connectivity index (χ4v) is 3.15. The van der Waals surface area contributed by atoms with E-state index in [1.165, 1.54) is 11.6 Å². The molecule has 5 heteroatoms. The third-order valence-electron chi connectivity index (χ3n) is 4.12. The Balaban J connectivity index is 2.00. The largest absolute Gasteiger partial charge is 0.489 e. The molecule has 0 aliphatic heterocycles. The zero-order chi connectivity index (χ0) is 18.1. The molecule has 0 unspecified atom stereocenters. The average Bonchev–Trinajstić information content (AvgIpc) is 2.54. The molecular weight excluding hydrogens is 359 g/mol. The summed E-state index contributed by atoms with van der Waals surface area (Å²) in [5, 5.41) is 1.78. The van der Waals surface area contributed by atoms with E-state index in [1.807, 2.05) is 13.0 Å². The summed E-state index contributed by atoms with van der Waals surface area (Å²) in [6.07, 6.45) is 0.